The normalized spacial score (nSPS) is 16.1. The fourth-order valence-electron chi connectivity index (χ4n) is 2.88. The molecule has 11 nitrogen and oxygen atoms in total. The van der Waals surface area contributed by atoms with Crippen molar-refractivity contribution in [2.24, 2.45) is 5.92 Å². The van der Waals surface area contributed by atoms with Crippen LogP contribution < -0.4 is 10.2 Å². The van der Waals surface area contributed by atoms with E-state index in [2.05, 4.69) is 11.9 Å². The monoisotopic (exact) mass is 621 g/mol. The van der Waals surface area contributed by atoms with Gasteiger partial charge in [-0.1, -0.05) is 43.6 Å². The number of cyclic esters (lactones) is 1. The second-order valence-electron chi connectivity index (χ2n) is 8.60. The molecule has 1 aliphatic heterocycles. The lowest BCUT2D eigenvalue weighted by Gasteiger charge is -2.15. The van der Waals surface area contributed by atoms with Gasteiger partial charge in [-0.3, -0.25) is 24.5 Å². The highest BCUT2D eigenvalue weighted by molar-refractivity contribution is 6.35. The summed E-state index contributed by atoms with van der Waals surface area (Å²) in [6, 6.07) is 6.76. The van der Waals surface area contributed by atoms with Crippen LogP contribution in [0, 0.1) is 16.0 Å². The minimum Gasteiger partial charge on any atom is -0.481 e. The third-order valence-corrected chi connectivity index (χ3v) is 5.33. The third kappa shape index (κ3) is 9.76. The first-order valence-corrected chi connectivity index (χ1v) is 12.0. The van der Waals surface area contributed by atoms with Crippen molar-refractivity contribution in [3.8, 4) is 0 Å². The van der Waals surface area contributed by atoms with E-state index in [1.165, 1.54) is 31.2 Å². The van der Waals surface area contributed by atoms with Crippen molar-refractivity contribution >= 4 is 64.1 Å². The number of imide groups is 1. The fraction of sp³-hybridized carbons (Fsp3) is 0.280. The summed E-state index contributed by atoms with van der Waals surface area (Å²) in [5, 5.41) is 20.9. The Hall–Kier alpha value is -4.17. The van der Waals surface area contributed by atoms with Crippen molar-refractivity contribution in [3.05, 3.63) is 74.8 Å². The molecule has 0 spiro atoms. The number of nitro groups is 1. The van der Waals surface area contributed by atoms with Gasteiger partial charge in [0, 0.05) is 34.6 Å². The van der Waals surface area contributed by atoms with Crippen LogP contribution in [-0.4, -0.2) is 39.5 Å². The molecule has 16 heteroatoms. The molecule has 0 aromatic heterocycles. The van der Waals surface area contributed by atoms with Crippen molar-refractivity contribution in [1.29, 1.82) is 0 Å². The lowest BCUT2D eigenvalue weighted by atomic mass is 10.1. The molecular weight excluding hydrogens is 598 g/mol. The van der Waals surface area contributed by atoms with E-state index in [0.717, 1.165) is 24.0 Å². The van der Waals surface area contributed by atoms with E-state index >= 15 is 0 Å². The SMILES string of the molecule is C=CC1(C)OC(=O)N(c2cc(Cl)cc(Cl)c2)C1=O.CC(=O)O.CC(C)C(=O)Nc1ccc([N+](=O)[O-])c(C(F)(F)F)c1. The standard InChI is InChI=1S/C12H9Cl2NO3.C11H11F3N2O3.C2H4O2/c1-3-12(2)10(16)15(11(17)18-12)9-5-7(13)4-8(14)6-9;1-6(2)10(17)15-7-3-4-9(16(18)19)8(5-7)11(12,13)14;1-2(3)4/h3-6H,1H2,2H3;3-6H,1-2H3,(H,15,17);1H3,(H,3,4). The zero-order chi connectivity index (χ0) is 31.9. The van der Waals surface area contributed by atoms with Gasteiger partial charge in [0.25, 0.3) is 17.6 Å². The van der Waals surface area contributed by atoms with E-state index in [1.807, 2.05) is 0 Å². The molecule has 1 saturated heterocycles. The average molecular weight is 622 g/mol. The number of nitrogens with zero attached hydrogens (tertiary/aromatic N) is 2. The van der Waals surface area contributed by atoms with Crippen LogP contribution in [-0.2, 0) is 25.3 Å². The number of amides is 3. The topological polar surface area (TPSA) is 156 Å². The summed E-state index contributed by atoms with van der Waals surface area (Å²) in [6.07, 6.45) is -4.36. The molecule has 2 N–H and O–H groups in total. The zero-order valence-corrected chi connectivity index (χ0v) is 23.4. The number of hydrogen-bond donors (Lipinski definition) is 2. The maximum absolute atomic E-state index is 12.7. The van der Waals surface area contributed by atoms with E-state index < -0.39 is 57.7 Å². The molecule has 1 aliphatic rings. The molecule has 222 valence electrons. The van der Waals surface area contributed by atoms with E-state index in [-0.39, 0.29) is 11.4 Å². The molecule has 2 aromatic carbocycles. The summed E-state index contributed by atoms with van der Waals surface area (Å²) in [6.45, 7) is 9.18. The lowest BCUT2D eigenvalue weighted by molar-refractivity contribution is -0.388. The highest BCUT2D eigenvalue weighted by Crippen LogP contribution is 2.37. The summed E-state index contributed by atoms with van der Waals surface area (Å²) in [5.41, 5.74) is -3.65. The quantitative estimate of drug-likeness (QED) is 0.212. The van der Waals surface area contributed by atoms with Gasteiger partial charge in [-0.25, -0.2) is 9.69 Å². The highest BCUT2D eigenvalue weighted by atomic mass is 35.5. The smallest absolute Gasteiger partial charge is 0.423 e. The molecule has 1 heterocycles. The van der Waals surface area contributed by atoms with Gasteiger partial charge in [0.1, 0.15) is 5.56 Å². The number of carboxylic acid groups (broad SMARTS) is 1. The molecule has 0 aliphatic carbocycles. The number of anilines is 2. The molecule has 41 heavy (non-hydrogen) atoms. The number of aliphatic carboxylic acids is 1. The molecule has 3 rings (SSSR count). The predicted molar refractivity (Wildman–Crippen MR) is 144 cm³/mol. The van der Waals surface area contributed by atoms with Gasteiger partial charge in [0.15, 0.2) is 0 Å². The van der Waals surface area contributed by atoms with Gasteiger partial charge in [0.05, 0.1) is 10.6 Å². The highest BCUT2D eigenvalue weighted by Gasteiger charge is 2.49. The van der Waals surface area contributed by atoms with Crippen LogP contribution in [0.3, 0.4) is 0 Å². The zero-order valence-electron chi connectivity index (χ0n) is 21.9. The number of rotatable bonds is 5. The molecular formula is C25H24Cl2F3N3O8. The van der Waals surface area contributed by atoms with Crippen LogP contribution >= 0.6 is 23.2 Å². The molecule has 0 radical (unpaired) electrons. The molecule has 0 bridgehead atoms. The summed E-state index contributed by atoms with van der Waals surface area (Å²) in [5.74, 6) is -2.24. The van der Waals surface area contributed by atoms with Crippen molar-refractivity contribution in [1.82, 2.24) is 0 Å². The predicted octanol–water partition coefficient (Wildman–Crippen LogP) is 6.72. The first-order valence-electron chi connectivity index (χ1n) is 11.3. The number of ether oxygens (including phenoxy) is 1. The van der Waals surface area contributed by atoms with Crippen LogP contribution in [0.5, 0.6) is 0 Å². The summed E-state index contributed by atoms with van der Waals surface area (Å²) in [7, 11) is 0. The Morgan fingerprint density at radius 3 is 2.07 bits per heavy atom. The van der Waals surface area contributed by atoms with Gasteiger partial charge < -0.3 is 15.2 Å². The first-order chi connectivity index (χ1) is 18.7. The second-order valence-corrected chi connectivity index (χ2v) is 9.47. The van der Waals surface area contributed by atoms with Gasteiger partial charge in [-0.05, 0) is 43.3 Å². The Morgan fingerprint density at radius 2 is 1.68 bits per heavy atom. The lowest BCUT2D eigenvalue weighted by Crippen LogP contribution is -2.37. The van der Waals surface area contributed by atoms with Gasteiger partial charge in [-0.15, -0.1) is 0 Å². The minimum atomic E-state index is -4.86. The Kier molecular flexibility index (Phi) is 11.9. The maximum Gasteiger partial charge on any atom is 0.423 e. The molecule has 2 aromatic rings. The van der Waals surface area contributed by atoms with Crippen molar-refractivity contribution in [3.63, 3.8) is 0 Å². The number of halogens is 5. The molecule has 1 unspecified atom stereocenters. The van der Waals surface area contributed by atoms with E-state index in [1.54, 1.807) is 13.8 Å². The number of carbonyl (C=O) groups excluding carboxylic acids is 3. The van der Waals surface area contributed by atoms with Gasteiger partial charge in [0.2, 0.25) is 11.5 Å². The largest absolute Gasteiger partial charge is 0.481 e. The molecule has 3 amide bonds. The molecule has 1 atom stereocenters. The van der Waals surface area contributed by atoms with Crippen molar-refractivity contribution in [2.75, 3.05) is 10.2 Å². The molecule has 1 fully saturated rings. The van der Waals surface area contributed by atoms with Crippen molar-refractivity contribution < 1.29 is 47.1 Å². The van der Waals surface area contributed by atoms with Crippen LogP contribution in [0.2, 0.25) is 10.0 Å². The van der Waals surface area contributed by atoms with Crippen LogP contribution in [0.1, 0.15) is 33.3 Å². The number of carbonyl (C=O) groups is 4. The third-order valence-electron chi connectivity index (χ3n) is 4.90. The first kappa shape index (κ1) is 34.9. The Balaban J connectivity index is 0.000000363. The summed E-state index contributed by atoms with van der Waals surface area (Å²) >= 11 is 11.7. The van der Waals surface area contributed by atoms with Crippen LogP contribution in [0.15, 0.2) is 49.1 Å². The van der Waals surface area contributed by atoms with E-state index in [9.17, 15) is 37.7 Å². The summed E-state index contributed by atoms with van der Waals surface area (Å²) in [4.78, 5) is 54.5. The van der Waals surface area contributed by atoms with Crippen LogP contribution in [0.4, 0.5) is 35.0 Å². The number of carboxylic acids is 1. The van der Waals surface area contributed by atoms with Crippen molar-refractivity contribution in [2.45, 2.75) is 39.5 Å². The average Bonchev–Trinajstić information content (AvgIpc) is 3.05. The second kappa shape index (κ2) is 13.9. The van der Waals surface area contributed by atoms with Gasteiger partial charge >= 0.3 is 12.3 Å². The number of benzene rings is 2. The number of hydrogen-bond acceptors (Lipinski definition) is 7. The van der Waals surface area contributed by atoms with Crippen LogP contribution in [0.25, 0.3) is 0 Å². The number of nitrogens with one attached hydrogen (secondary N) is 1. The van der Waals surface area contributed by atoms with Gasteiger partial charge in [-0.2, -0.15) is 13.2 Å². The molecule has 0 saturated carbocycles. The van der Waals surface area contributed by atoms with E-state index in [4.69, 9.17) is 37.8 Å². The Morgan fingerprint density at radius 1 is 1.17 bits per heavy atom. The minimum absolute atomic E-state index is 0.128. The Bertz CT molecular complexity index is 1340. The summed E-state index contributed by atoms with van der Waals surface area (Å²) < 4.78 is 43.0. The number of alkyl halides is 3. The fourth-order valence-corrected chi connectivity index (χ4v) is 3.40. The number of nitro benzene ring substituents is 1. The Labute approximate surface area is 241 Å². The van der Waals surface area contributed by atoms with E-state index in [0.29, 0.717) is 16.1 Å². The maximum atomic E-state index is 12.7.